The van der Waals surface area contributed by atoms with E-state index in [2.05, 4.69) is 34.3 Å². The molecule has 8 nitrogen and oxygen atoms in total. The van der Waals surface area contributed by atoms with Crippen LogP contribution in [0.4, 0.5) is 5.69 Å². The fourth-order valence-electron chi connectivity index (χ4n) is 1.88. The number of carbonyl (C=O) groups excluding carboxylic acids is 2. The van der Waals surface area contributed by atoms with Gasteiger partial charge in [-0.1, -0.05) is 25.1 Å². The van der Waals surface area contributed by atoms with Gasteiger partial charge >= 0.3 is 94.1 Å². The fourth-order valence-corrected chi connectivity index (χ4v) is 3.30. The average molecular weight is 439 g/mol. The van der Waals surface area contributed by atoms with E-state index in [1.807, 2.05) is 0 Å². The number of phenolic OH excluding ortho intramolecular Hbond substituents is 1. The number of rotatable bonds is 3. The summed E-state index contributed by atoms with van der Waals surface area (Å²) in [5, 5.41) is 11.7. The molecule has 0 aromatic heterocycles. The second-order valence-electron chi connectivity index (χ2n) is 5.41. The quantitative estimate of drug-likeness (QED) is 0.273. The van der Waals surface area contributed by atoms with E-state index in [0.717, 1.165) is 6.07 Å². The average Bonchev–Trinajstić information content (AvgIpc) is 3.21. The van der Waals surface area contributed by atoms with Crippen LogP contribution in [0, 0.1) is 0 Å². The molecule has 4 N–H and O–H groups in total. The second kappa shape index (κ2) is 9.96. The van der Waals surface area contributed by atoms with Crippen molar-refractivity contribution in [2.24, 2.45) is 0 Å². The van der Waals surface area contributed by atoms with Crippen molar-refractivity contribution >= 4 is 36.1 Å². The van der Waals surface area contributed by atoms with Crippen LogP contribution in [-0.2, 0) is 18.1 Å². The Morgan fingerprint density at radius 1 is 1.11 bits per heavy atom. The number of aromatic hydroxyl groups is 1. The van der Waals surface area contributed by atoms with Crippen molar-refractivity contribution in [3.05, 3.63) is 42.5 Å². The van der Waals surface area contributed by atoms with Gasteiger partial charge in [0.25, 0.3) is 0 Å². The summed E-state index contributed by atoms with van der Waals surface area (Å²) in [6, 6.07) is 12.3. The Hall–Kier alpha value is -2.54. The largest absolute Gasteiger partial charge is 0.469 e. The normalized spacial score (nSPS) is 10.4. The van der Waals surface area contributed by atoms with Crippen molar-refractivity contribution in [2.45, 2.75) is 20.3 Å². The third-order valence-electron chi connectivity index (χ3n) is 3.27. The summed E-state index contributed by atoms with van der Waals surface area (Å²) in [5.41, 5.74) is 2.84. The molecular formula is C18H22AsNO7. The van der Waals surface area contributed by atoms with Crippen LogP contribution in [0.5, 0.6) is 5.75 Å². The molecule has 2 aliphatic carbocycles. The maximum Gasteiger partial charge on any atom is 0.305 e. The molecule has 3 rings (SSSR count). The first kappa shape index (κ1) is 22.5. The van der Waals surface area contributed by atoms with E-state index in [1.54, 1.807) is 6.92 Å². The number of carbonyl (C=O) groups is 2. The maximum absolute atomic E-state index is 11.0. The van der Waals surface area contributed by atoms with Crippen LogP contribution in [-0.4, -0.2) is 46.5 Å². The molecule has 1 aromatic rings. The summed E-state index contributed by atoms with van der Waals surface area (Å²) in [6.45, 7) is 2.99. The zero-order valence-electron chi connectivity index (χ0n) is 15.2. The van der Waals surface area contributed by atoms with Gasteiger partial charge in [0.05, 0.1) is 7.11 Å². The van der Waals surface area contributed by atoms with Crippen LogP contribution in [0.1, 0.15) is 20.3 Å². The SMILES string of the molecule is CC(=O)Nc1cccc([As](=O)(O)O)c1O.CCC(=O)OC.c1cc2cc-2c1. The minimum absolute atomic E-state index is 0.00951. The summed E-state index contributed by atoms with van der Waals surface area (Å²) < 4.78 is 32.6. The minimum Gasteiger partial charge on any atom is -0.469 e. The van der Waals surface area contributed by atoms with E-state index < -0.39 is 30.2 Å². The molecule has 0 aliphatic heterocycles. The van der Waals surface area contributed by atoms with Gasteiger partial charge in [0.15, 0.2) is 0 Å². The first-order chi connectivity index (χ1) is 12.6. The monoisotopic (exact) mass is 439 g/mol. The molecule has 0 bridgehead atoms. The van der Waals surface area contributed by atoms with Crippen LogP contribution in [0.15, 0.2) is 42.5 Å². The summed E-state index contributed by atoms with van der Waals surface area (Å²) in [7, 11) is 1.38. The molecule has 0 unspecified atom stereocenters. The summed E-state index contributed by atoms with van der Waals surface area (Å²) >= 11 is -5.15. The van der Waals surface area contributed by atoms with Gasteiger partial charge in [-0.3, -0.25) is 4.79 Å². The summed E-state index contributed by atoms with van der Waals surface area (Å²) in [5.74, 6) is -1.17. The fraction of sp³-hybridized carbons (Fsp3) is 0.222. The third kappa shape index (κ3) is 7.70. The number of hydrogen-bond donors (Lipinski definition) is 4. The molecule has 9 heteroatoms. The first-order valence-electron chi connectivity index (χ1n) is 7.93. The predicted octanol–water partition coefficient (Wildman–Crippen LogP) is 1.15. The summed E-state index contributed by atoms with van der Waals surface area (Å²) in [6.07, 6.45) is 0.469. The number of ether oxygens (including phenoxy) is 1. The number of benzene rings is 2. The van der Waals surface area contributed by atoms with E-state index in [1.165, 1.54) is 37.3 Å². The van der Waals surface area contributed by atoms with Crippen LogP contribution in [0.25, 0.3) is 11.1 Å². The molecule has 27 heavy (non-hydrogen) atoms. The second-order valence-corrected chi connectivity index (χ2v) is 8.70. The van der Waals surface area contributed by atoms with Gasteiger partial charge in [-0.15, -0.1) is 0 Å². The molecule has 0 atom stereocenters. The van der Waals surface area contributed by atoms with Crippen LogP contribution in [0.3, 0.4) is 0 Å². The Morgan fingerprint density at radius 2 is 1.67 bits per heavy atom. The van der Waals surface area contributed by atoms with Crippen LogP contribution < -0.4 is 9.67 Å². The Balaban J connectivity index is 0.000000246. The molecule has 0 saturated heterocycles. The van der Waals surface area contributed by atoms with Gasteiger partial charge in [-0.05, 0) is 17.2 Å². The zero-order chi connectivity index (χ0) is 20.6. The van der Waals surface area contributed by atoms with Crippen molar-refractivity contribution in [3.8, 4) is 16.9 Å². The van der Waals surface area contributed by atoms with Gasteiger partial charge in [0.1, 0.15) is 0 Å². The van der Waals surface area contributed by atoms with E-state index in [0.29, 0.717) is 6.42 Å². The molecule has 1 amide bonds. The number of hydrogen-bond acceptors (Lipinski definition) is 5. The molecule has 146 valence electrons. The molecule has 1 aromatic carbocycles. The van der Waals surface area contributed by atoms with Crippen molar-refractivity contribution in [1.29, 1.82) is 0 Å². The standard InChI is InChI=1S/C8H10AsNO5.C6H4.C4H8O2/c1-5(11)10-7-4-2-3-6(8(7)12)9(13,14)15;1-2-5-4-6(5)3-1;1-3-4(5)6-2/h2-4,12H,1H3,(H,10,11)(H2,13,14,15);1-4H;3H2,1-2H3. The van der Waals surface area contributed by atoms with Crippen molar-refractivity contribution in [3.63, 3.8) is 0 Å². The van der Waals surface area contributed by atoms with E-state index in [-0.39, 0.29) is 11.7 Å². The van der Waals surface area contributed by atoms with E-state index in [9.17, 15) is 18.4 Å². The smallest absolute Gasteiger partial charge is 0.305 e. The zero-order valence-corrected chi connectivity index (χ0v) is 17.0. The maximum atomic E-state index is 11.0. The third-order valence-corrected chi connectivity index (χ3v) is 5.34. The Labute approximate surface area is 159 Å². The number of para-hydroxylation sites is 1. The molecular weight excluding hydrogens is 417 g/mol. The van der Waals surface area contributed by atoms with Gasteiger partial charge in [-0.2, -0.15) is 0 Å². The molecule has 0 radical (unpaired) electrons. The Kier molecular flexibility index (Phi) is 8.30. The first-order valence-corrected chi connectivity index (χ1v) is 11.3. The molecule has 0 saturated carbocycles. The Bertz CT molecular complexity index is 837. The van der Waals surface area contributed by atoms with Crippen LogP contribution >= 0.6 is 0 Å². The number of fused-ring (bicyclic) bond motifs is 1. The van der Waals surface area contributed by atoms with Crippen molar-refractivity contribution in [2.75, 3.05) is 12.4 Å². The molecule has 2 aliphatic rings. The van der Waals surface area contributed by atoms with Crippen molar-refractivity contribution < 1.29 is 31.4 Å². The van der Waals surface area contributed by atoms with Gasteiger partial charge < -0.3 is 4.74 Å². The van der Waals surface area contributed by atoms with Crippen molar-refractivity contribution in [1.82, 2.24) is 0 Å². The number of methoxy groups -OCH3 is 1. The number of amides is 1. The summed E-state index contributed by atoms with van der Waals surface area (Å²) in [4.78, 5) is 20.7. The van der Waals surface area contributed by atoms with Crippen LogP contribution in [0.2, 0.25) is 0 Å². The number of esters is 1. The van der Waals surface area contributed by atoms with Gasteiger partial charge in [-0.25, -0.2) is 0 Å². The number of anilines is 1. The number of phenols is 1. The molecule has 0 fully saturated rings. The number of nitrogens with one attached hydrogen (secondary N) is 1. The topological polar surface area (TPSA) is 133 Å². The minimum atomic E-state index is -5.15. The van der Waals surface area contributed by atoms with Gasteiger partial charge in [0, 0.05) is 6.42 Å². The molecule has 0 heterocycles. The van der Waals surface area contributed by atoms with Gasteiger partial charge in [0.2, 0.25) is 0 Å². The predicted molar refractivity (Wildman–Crippen MR) is 101 cm³/mol. The van der Waals surface area contributed by atoms with E-state index in [4.69, 9.17) is 8.19 Å². The molecule has 0 spiro atoms. The Morgan fingerprint density at radius 3 is 1.96 bits per heavy atom. The van der Waals surface area contributed by atoms with E-state index >= 15 is 0 Å².